The average molecular weight is 358 g/mol. The monoisotopic (exact) mass is 358 g/mol. The highest BCUT2D eigenvalue weighted by molar-refractivity contribution is 6.04. The van der Waals surface area contributed by atoms with Gasteiger partial charge in [0.1, 0.15) is 5.69 Å². The summed E-state index contributed by atoms with van der Waals surface area (Å²) in [4.78, 5) is 16.7. The van der Waals surface area contributed by atoms with Crippen molar-refractivity contribution in [3.63, 3.8) is 0 Å². The first-order valence-corrected chi connectivity index (χ1v) is 8.26. The standard InChI is InChI=1S/C22H18N2O3/c1-26-20-12-10-17(15-21(20)27-2)22(25)24-19-8-5-6-16(14-19)9-11-18-7-3-4-13-23-18/h3-8,10,12-15H,1-2H3,(H,24,25). The van der Waals surface area contributed by atoms with Gasteiger partial charge in [-0.05, 0) is 54.5 Å². The Kier molecular flexibility index (Phi) is 5.70. The van der Waals surface area contributed by atoms with Crippen molar-refractivity contribution in [2.45, 2.75) is 0 Å². The van der Waals surface area contributed by atoms with E-state index in [1.54, 1.807) is 31.5 Å². The quantitative estimate of drug-likeness (QED) is 0.722. The fourth-order valence-corrected chi connectivity index (χ4v) is 2.43. The van der Waals surface area contributed by atoms with E-state index in [-0.39, 0.29) is 5.91 Å². The first-order valence-electron chi connectivity index (χ1n) is 8.26. The van der Waals surface area contributed by atoms with E-state index in [1.165, 1.54) is 7.11 Å². The number of nitrogens with zero attached hydrogens (tertiary/aromatic N) is 1. The maximum absolute atomic E-state index is 12.5. The number of hydrogen-bond acceptors (Lipinski definition) is 4. The fraction of sp³-hybridized carbons (Fsp3) is 0.0909. The molecule has 0 spiro atoms. The molecule has 1 amide bonds. The predicted molar refractivity (Wildman–Crippen MR) is 104 cm³/mol. The third kappa shape index (κ3) is 4.65. The van der Waals surface area contributed by atoms with E-state index >= 15 is 0 Å². The number of ether oxygens (including phenoxy) is 2. The molecule has 5 heteroatoms. The second-order valence-corrected chi connectivity index (χ2v) is 5.57. The van der Waals surface area contributed by atoms with E-state index in [4.69, 9.17) is 9.47 Å². The number of carbonyl (C=O) groups excluding carboxylic acids is 1. The molecular weight excluding hydrogens is 340 g/mol. The fourth-order valence-electron chi connectivity index (χ4n) is 2.43. The van der Waals surface area contributed by atoms with Crippen LogP contribution in [0.2, 0.25) is 0 Å². The zero-order valence-corrected chi connectivity index (χ0v) is 15.0. The Balaban J connectivity index is 1.76. The summed E-state index contributed by atoms with van der Waals surface area (Å²) in [5.41, 5.74) is 2.60. The number of rotatable bonds is 4. The van der Waals surface area contributed by atoms with Gasteiger partial charge in [0.25, 0.3) is 5.91 Å². The van der Waals surface area contributed by atoms with Crippen molar-refractivity contribution in [1.82, 2.24) is 4.98 Å². The lowest BCUT2D eigenvalue weighted by atomic mass is 10.1. The van der Waals surface area contributed by atoms with E-state index in [1.807, 2.05) is 42.5 Å². The van der Waals surface area contributed by atoms with Gasteiger partial charge in [0.2, 0.25) is 0 Å². The minimum atomic E-state index is -0.245. The summed E-state index contributed by atoms with van der Waals surface area (Å²) in [6.07, 6.45) is 1.70. The van der Waals surface area contributed by atoms with Crippen LogP contribution in [0.25, 0.3) is 0 Å². The highest BCUT2D eigenvalue weighted by Gasteiger charge is 2.11. The van der Waals surface area contributed by atoms with Crippen LogP contribution in [0.3, 0.4) is 0 Å². The van der Waals surface area contributed by atoms with Gasteiger partial charge in [-0.15, -0.1) is 0 Å². The van der Waals surface area contributed by atoms with E-state index < -0.39 is 0 Å². The molecule has 134 valence electrons. The van der Waals surface area contributed by atoms with Gasteiger partial charge in [0, 0.05) is 23.0 Å². The molecule has 0 aliphatic carbocycles. The number of benzene rings is 2. The molecule has 5 nitrogen and oxygen atoms in total. The van der Waals surface area contributed by atoms with Crippen molar-refractivity contribution in [2.75, 3.05) is 19.5 Å². The summed E-state index contributed by atoms with van der Waals surface area (Å²) in [7, 11) is 3.08. The van der Waals surface area contributed by atoms with Crippen LogP contribution in [0.15, 0.2) is 66.9 Å². The van der Waals surface area contributed by atoms with Crippen LogP contribution in [0.4, 0.5) is 5.69 Å². The Morgan fingerprint density at radius 2 is 1.78 bits per heavy atom. The van der Waals surface area contributed by atoms with Gasteiger partial charge in [0.15, 0.2) is 11.5 Å². The SMILES string of the molecule is COc1ccc(C(=O)Nc2cccc(C#Cc3ccccn3)c2)cc1OC. The molecule has 0 fully saturated rings. The van der Waals surface area contributed by atoms with Crippen LogP contribution in [-0.2, 0) is 0 Å². The topological polar surface area (TPSA) is 60.5 Å². The van der Waals surface area contributed by atoms with E-state index in [0.29, 0.717) is 28.4 Å². The van der Waals surface area contributed by atoms with Gasteiger partial charge in [-0.1, -0.05) is 18.1 Å². The van der Waals surface area contributed by atoms with E-state index in [2.05, 4.69) is 22.1 Å². The molecule has 3 aromatic rings. The lowest BCUT2D eigenvalue weighted by Gasteiger charge is -2.10. The summed E-state index contributed by atoms with van der Waals surface area (Å²) >= 11 is 0. The van der Waals surface area contributed by atoms with Gasteiger partial charge in [0.05, 0.1) is 14.2 Å². The molecular formula is C22H18N2O3. The van der Waals surface area contributed by atoms with Crippen LogP contribution in [-0.4, -0.2) is 25.1 Å². The first kappa shape index (κ1) is 18.0. The third-order valence-electron chi connectivity index (χ3n) is 3.77. The number of amides is 1. The highest BCUT2D eigenvalue weighted by atomic mass is 16.5. The second-order valence-electron chi connectivity index (χ2n) is 5.57. The van der Waals surface area contributed by atoms with Crippen molar-refractivity contribution >= 4 is 11.6 Å². The molecule has 1 heterocycles. The van der Waals surface area contributed by atoms with Crippen LogP contribution in [0.5, 0.6) is 11.5 Å². The molecule has 0 unspecified atom stereocenters. The number of nitrogens with one attached hydrogen (secondary N) is 1. The van der Waals surface area contributed by atoms with Gasteiger partial charge < -0.3 is 14.8 Å². The molecule has 1 aromatic heterocycles. The number of aromatic nitrogens is 1. The lowest BCUT2D eigenvalue weighted by molar-refractivity contribution is 0.102. The maximum atomic E-state index is 12.5. The third-order valence-corrected chi connectivity index (χ3v) is 3.77. The molecule has 27 heavy (non-hydrogen) atoms. The zero-order chi connectivity index (χ0) is 19.1. The Morgan fingerprint density at radius 1 is 0.926 bits per heavy atom. The normalized spacial score (nSPS) is 9.70. The smallest absolute Gasteiger partial charge is 0.255 e. The highest BCUT2D eigenvalue weighted by Crippen LogP contribution is 2.27. The summed E-state index contributed by atoms with van der Waals surface area (Å²) in [5, 5.41) is 2.87. The zero-order valence-electron chi connectivity index (χ0n) is 15.0. The van der Waals surface area contributed by atoms with Crippen molar-refractivity contribution in [1.29, 1.82) is 0 Å². The molecule has 3 rings (SSSR count). The summed E-state index contributed by atoms with van der Waals surface area (Å²) < 4.78 is 10.4. The molecule has 0 atom stereocenters. The minimum absolute atomic E-state index is 0.245. The van der Waals surface area contributed by atoms with Crippen molar-refractivity contribution < 1.29 is 14.3 Å². The molecule has 0 saturated heterocycles. The van der Waals surface area contributed by atoms with Gasteiger partial charge >= 0.3 is 0 Å². The first-order chi connectivity index (χ1) is 13.2. The summed E-state index contributed by atoms with van der Waals surface area (Å²) in [6, 6.07) is 17.9. The summed E-state index contributed by atoms with van der Waals surface area (Å²) in [6.45, 7) is 0. The maximum Gasteiger partial charge on any atom is 0.255 e. The van der Waals surface area contributed by atoms with Crippen LogP contribution >= 0.6 is 0 Å². The van der Waals surface area contributed by atoms with Crippen LogP contribution in [0.1, 0.15) is 21.6 Å². The summed E-state index contributed by atoms with van der Waals surface area (Å²) in [5.74, 6) is 6.87. The van der Waals surface area contributed by atoms with Gasteiger partial charge in [-0.25, -0.2) is 4.98 Å². The van der Waals surface area contributed by atoms with Crippen LogP contribution < -0.4 is 14.8 Å². The molecule has 0 saturated carbocycles. The largest absolute Gasteiger partial charge is 0.493 e. The molecule has 0 radical (unpaired) electrons. The van der Waals surface area contributed by atoms with Crippen LogP contribution in [0, 0.1) is 11.8 Å². The molecule has 1 N–H and O–H groups in total. The minimum Gasteiger partial charge on any atom is -0.493 e. The number of carbonyl (C=O) groups is 1. The van der Waals surface area contributed by atoms with Crippen molar-refractivity contribution in [3.05, 3.63) is 83.7 Å². The number of pyridine rings is 1. The Labute approximate surface area is 158 Å². The second kappa shape index (κ2) is 8.54. The Morgan fingerprint density at radius 3 is 2.52 bits per heavy atom. The van der Waals surface area contributed by atoms with Gasteiger partial charge in [-0.2, -0.15) is 0 Å². The molecule has 0 bridgehead atoms. The van der Waals surface area contributed by atoms with Crippen molar-refractivity contribution in [2.24, 2.45) is 0 Å². The predicted octanol–water partition coefficient (Wildman–Crippen LogP) is 3.75. The molecule has 0 aliphatic rings. The lowest BCUT2D eigenvalue weighted by Crippen LogP contribution is -2.12. The number of methoxy groups -OCH3 is 2. The number of anilines is 1. The Bertz CT molecular complexity index is 1000. The molecule has 2 aromatic carbocycles. The average Bonchev–Trinajstić information content (AvgIpc) is 2.72. The van der Waals surface area contributed by atoms with Gasteiger partial charge in [-0.3, -0.25) is 4.79 Å². The van der Waals surface area contributed by atoms with Crippen molar-refractivity contribution in [3.8, 4) is 23.3 Å². The Hall–Kier alpha value is -3.78. The van der Waals surface area contributed by atoms with E-state index in [9.17, 15) is 4.79 Å². The number of hydrogen-bond donors (Lipinski definition) is 1. The molecule has 0 aliphatic heterocycles. The van der Waals surface area contributed by atoms with E-state index in [0.717, 1.165) is 5.56 Å².